The first-order valence-corrected chi connectivity index (χ1v) is 9.82. The van der Waals surface area contributed by atoms with Crippen molar-refractivity contribution in [1.82, 2.24) is 5.32 Å². The van der Waals surface area contributed by atoms with Gasteiger partial charge in [0.15, 0.2) is 0 Å². The SMILES string of the molecule is CS(=O)(=O)Nc1cccc(F)c1CNC(=O)CC1C[C@@H]2COC[C@H]12. The van der Waals surface area contributed by atoms with E-state index in [1.54, 1.807) is 0 Å². The van der Waals surface area contributed by atoms with Crippen LogP contribution in [0.3, 0.4) is 0 Å². The number of rotatable bonds is 6. The highest BCUT2D eigenvalue weighted by atomic mass is 32.2. The molecule has 1 saturated carbocycles. The monoisotopic (exact) mass is 356 g/mol. The van der Waals surface area contributed by atoms with Gasteiger partial charge < -0.3 is 10.1 Å². The third kappa shape index (κ3) is 3.87. The molecule has 132 valence electrons. The Labute approximate surface area is 140 Å². The topological polar surface area (TPSA) is 84.5 Å². The molecule has 3 rings (SSSR count). The van der Waals surface area contributed by atoms with Crippen LogP contribution < -0.4 is 10.0 Å². The minimum Gasteiger partial charge on any atom is -0.381 e. The van der Waals surface area contributed by atoms with Crippen LogP contribution in [0.5, 0.6) is 0 Å². The van der Waals surface area contributed by atoms with E-state index in [1.165, 1.54) is 18.2 Å². The Hall–Kier alpha value is -1.67. The van der Waals surface area contributed by atoms with Gasteiger partial charge in [-0.1, -0.05) is 6.07 Å². The van der Waals surface area contributed by atoms with E-state index in [4.69, 9.17) is 4.74 Å². The first kappa shape index (κ1) is 17.2. The van der Waals surface area contributed by atoms with E-state index in [0.717, 1.165) is 25.9 Å². The zero-order valence-corrected chi connectivity index (χ0v) is 14.2. The van der Waals surface area contributed by atoms with Crippen LogP contribution >= 0.6 is 0 Å². The summed E-state index contributed by atoms with van der Waals surface area (Å²) in [5, 5.41) is 2.69. The summed E-state index contributed by atoms with van der Waals surface area (Å²) in [5.41, 5.74) is 0.276. The minimum atomic E-state index is -3.52. The fourth-order valence-corrected chi connectivity index (χ4v) is 4.10. The molecular formula is C16H21FN2O4S. The Balaban J connectivity index is 1.58. The Morgan fingerprint density at radius 3 is 2.88 bits per heavy atom. The zero-order chi connectivity index (χ0) is 17.3. The highest BCUT2D eigenvalue weighted by molar-refractivity contribution is 7.92. The predicted molar refractivity (Wildman–Crippen MR) is 87.2 cm³/mol. The molecule has 1 aliphatic heterocycles. The predicted octanol–water partition coefficient (Wildman–Crippen LogP) is 1.49. The van der Waals surface area contributed by atoms with Crippen LogP contribution in [0.2, 0.25) is 0 Å². The Kier molecular flexibility index (Phi) is 4.78. The number of nitrogens with one attached hydrogen (secondary N) is 2. The van der Waals surface area contributed by atoms with Crippen molar-refractivity contribution in [2.45, 2.75) is 19.4 Å². The fraction of sp³-hybridized carbons (Fsp3) is 0.562. The highest BCUT2D eigenvalue weighted by Gasteiger charge is 2.45. The number of amides is 1. The van der Waals surface area contributed by atoms with E-state index in [1.807, 2.05) is 0 Å². The molecule has 0 aromatic heterocycles. The maximum Gasteiger partial charge on any atom is 0.229 e. The summed E-state index contributed by atoms with van der Waals surface area (Å²) in [6, 6.07) is 4.13. The summed E-state index contributed by atoms with van der Waals surface area (Å²) in [4.78, 5) is 12.1. The van der Waals surface area contributed by atoms with Crippen LogP contribution in [-0.2, 0) is 26.1 Å². The molecule has 1 saturated heterocycles. The zero-order valence-electron chi connectivity index (χ0n) is 13.4. The van der Waals surface area contributed by atoms with Gasteiger partial charge in [-0.2, -0.15) is 0 Å². The van der Waals surface area contributed by atoms with Gasteiger partial charge in [-0.3, -0.25) is 9.52 Å². The molecule has 1 aromatic rings. The molecule has 24 heavy (non-hydrogen) atoms. The van der Waals surface area contributed by atoms with E-state index in [0.29, 0.717) is 24.2 Å². The van der Waals surface area contributed by atoms with Crippen molar-refractivity contribution in [2.75, 3.05) is 24.2 Å². The largest absolute Gasteiger partial charge is 0.381 e. The minimum absolute atomic E-state index is 0.0549. The Morgan fingerprint density at radius 2 is 2.17 bits per heavy atom. The lowest BCUT2D eigenvalue weighted by molar-refractivity contribution is -0.123. The molecule has 0 bridgehead atoms. The average molecular weight is 356 g/mol. The number of benzene rings is 1. The Bertz CT molecular complexity index is 738. The molecule has 1 unspecified atom stereocenters. The quantitative estimate of drug-likeness (QED) is 0.809. The lowest BCUT2D eigenvalue weighted by Gasteiger charge is -2.38. The molecule has 0 spiro atoms. The number of fused-ring (bicyclic) bond motifs is 1. The normalized spacial score (nSPS) is 25.7. The van der Waals surface area contributed by atoms with Crippen molar-refractivity contribution in [1.29, 1.82) is 0 Å². The Morgan fingerprint density at radius 1 is 1.38 bits per heavy atom. The van der Waals surface area contributed by atoms with Gasteiger partial charge in [0.1, 0.15) is 5.82 Å². The van der Waals surface area contributed by atoms with Gasteiger partial charge in [-0.15, -0.1) is 0 Å². The summed E-state index contributed by atoms with van der Waals surface area (Å²) in [6.07, 6.45) is 2.39. The molecule has 0 radical (unpaired) electrons. The van der Waals surface area contributed by atoms with Crippen LogP contribution in [0.15, 0.2) is 18.2 Å². The van der Waals surface area contributed by atoms with Gasteiger partial charge in [-0.25, -0.2) is 12.8 Å². The van der Waals surface area contributed by atoms with Gasteiger partial charge in [0.2, 0.25) is 15.9 Å². The number of carbonyl (C=O) groups is 1. The van der Waals surface area contributed by atoms with Gasteiger partial charge >= 0.3 is 0 Å². The average Bonchev–Trinajstić information content (AvgIpc) is 2.84. The first-order chi connectivity index (χ1) is 11.3. The molecule has 1 aromatic carbocycles. The first-order valence-electron chi connectivity index (χ1n) is 7.93. The number of hydrogen-bond acceptors (Lipinski definition) is 4. The molecule has 2 fully saturated rings. The van der Waals surface area contributed by atoms with Crippen molar-refractivity contribution in [3.63, 3.8) is 0 Å². The lowest BCUT2D eigenvalue weighted by Crippen LogP contribution is -2.39. The summed E-state index contributed by atoms with van der Waals surface area (Å²) in [5.74, 6) is 0.661. The molecule has 1 aliphatic carbocycles. The van der Waals surface area contributed by atoms with Crippen LogP contribution in [0.25, 0.3) is 0 Å². The number of carbonyl (C=O) groups excluding carboxylic acids is 1. The number of hydrogen-bond donors (Lipinski definition) is 2. The van der Waals surface area contributed by atoms with E-state index in [9.17, 15) is 17.6 Å². The van der Waals surface area contributed by atoms with E-state index in [-0.39, 0.29) is 23.7 Å². The van der Waals surface area contributed by atoms with E-state index in [2.05, 4.69) is 10.0 Å². The van der Waals surface area contributed by atoms with Crippen LogP contribution in [0.4, 0.5) is 10.1 Å². The van der Waals surface area contributed by atoms with E-state index < -0.39 is 15.8 Å². The standard InChI is InChI=1S/C16H21FN2O4S/c1-24(21,22)19-15-4-2-3-14(17)12(15)7-18-16(20)6-10-5-11-8-23-9-13(10)11/h2-4,10-11,13,19H,5-9H2,1H3,(H,18,20)/t10?,11-,13-/m1/s1. The van der Waals surface area contributed by atoms with Crippen molar-refractivity contribution >= 4 is 21.6 Å². The second kappa shape index (κ2) is 6.68. The van der Waals surface area contributed by atoms with Gasteiger partial charge in [0.05, 0.1) is 18.6 Å². The van der Waals surface area contributed by atoms with Crippen LogP contribution in [0, 0.1) is 23.6 Å². The molecular weight excluding hydrogens is 335 g/mol. The summed E-state index contributed by atoms with van der Waals surface area (Å²) < 4.78 is 44.4. The lowest BCUT2D eigenvalue weighted by atomic mass is 9.65. The number of sulfonamides is 1. The third-order valence-corrected chi connectivity index (χ3v) is 5.37. The van der Waals surface area contributed by atoms with E-state index >= 15 is 0 Å². The molecule has 2 N–H and O–H groups in total. The summed E-state index contributed by atoms with van der Waals surface area (Å²) >= 11 is 0. The second-order valence-electron chi connectivity index (χ2n) is 6.58. The third-order valence-electron chi connectivity index (χ3n) is 4.78. The summed E-state index contributed by atoms with van der Waals surface area (Å²) in [6.45, 7) is 1.46. The molecule has 1 heterocycles. The maximum atomic E-state index is 14.0. The molecule has 8 heteroatoms. The van der Waals surface area contributed by atoms with Crippen LogP contribution in [0.1, 0.15) is 18.4 Å². The van der Waals surface area contributed by atoms with Crippen molar-refractivity contribution in [3.8, 4) is 0 Å². The van der Waals surface area contributed by atoms with Crippen molar-refractivity contribution in [2.24, 2.45) is 17.8 Å². The molecule has 2 aliphatic rings. The maximum absolute atomic E-state index is 14.0. The van der Waals surface area contributed by atoms with Gasteiger partial charge in [-0.05, 0) is 36.3 Å². The molecule has 3 atom stereocenters. The van der Waals surface area contributed by atoms with Gasteiger partial charge in [0.25, 0.3) is 0 Å². The van der Waals surface area contributed by atoms with Crippen LogP contribution in [-0.4, -0.2) is 33.8 Å². The smallest absolute Gasteiger partial charge is 0.229 e. The fourth-order valence-electron chi connectivity index (χ4n) is 3.51. The highest BCUT2D eigenvalue weighted by Crippen LogP contribution is 2.46. The second-order valence-corrected chi connectivity index (χ2v) is 8.33. The number of anilines is 1. The number of ether oxygens (including phenoxy) is 1. The number of halogens is 1. The molecule has 6 nitrogen and oxygen atoms in total. The van der Waals surface area contributed by atoms with Crippen molar-refractivity contribution < 1.29 is 22.3 Å². The van der Waals surface area contributed by atoms with Gasteiger partial charge in [0, 0.05) is 25.1 Å². The summed E-state index contributed by atoms with van der Waals surface area (Å²) in [7, 11) is -3.52. The molecule has 1 amide bonds. The van der Waals surface area contributed by atoms with Crippen molar-refractivity contribution in [3.05, 3.63) is 29.6 Å².